The molecule has 1 atom stereocenters. The third-order valence-electron chi connectivity index (χ3n) is 3.20. The molecule has 1 rings (SSSR count). The summed E-state index contributed by atoms with van der Waals surface area (Å²) >= 11 is 0. The van der Waals surface area contributed by atoms with Crippen LogP contribution in [0.2, 0.25) is 0 Å². The highest BCUT2D eigenvalue weighted by Gasteiger charge is 2.34. The molecule has 110 valence electrons. The topological polar surface area (TPSA) is 37.4 Å². The second-order valence-electron chi connectivity index (χ2n) is 4.66. The van der Waals surface area contributed by atoms with Crippen molar-refractivity contribution >= 4 is 10.0 Å². The minimum atomic E-state index is -4.39. The van der Waals surface area contributed by atoms with Crippen molar-refractivity contribution in [1.82, 2.24) is 4.31 Å². The largest absolute Gasteiger partial charge is 0.350 e. The number of hydrogen-bond donors (Lipinski definition) is 0. The van der Waals surface area contributed by atoms with Crippen LogP contribution in [0.5, 0.6) is 0 Å². The molecule has 0 N–H and O–H groups in total. The molecule has 0 radical (unpaired) electrons. The van der Waals surface area contributed by atoms with Crippen LogP contribution in [0.25, 0.3) is 0 Å². The predicted molar refractivity (Wildman–Crippen MR) is 70.0 cm³/mol. The summed E-state index contributed by atoms with van der Waals surface area (Å²) in [5.41, 5.74) is 0. The average Bonchev–Trinajstić information content (AvgIpc) is 2.57. The fraction of sp³-hybridized carbons (Fsp3) is 1.00. The highest BCUT2D eigenvalue weighted by atomic mass is 32.2. The Morgan fingerprint density at radius 1 is 1.17 bits per heavy atom. The van der Waals surface area contributed by atoms with Gasteiger partial charge in [0.2, 0.25) is 0 Å². The van der Waals surface area contributed by atoms with E-state index >= 15 is 0 Å². The molecule has 3 nitrogen and oxygen atoms in total. The summed E-state index contributed by atoms with van der Waals surface area (Å²) in [6, 6.07) is 0. The minimum Gasteiger partial charge on any atom is -0.206 e. The van der Waals surface area contributed by atoms with E-state index in [1.54, 1.807) is 0 Å². The van der Waals surface area contributed by atoms with E-state index in [0.29, 0.717) is 12.3 Å². The normalized spacial score (nSPS) is 22.6. The molecular weight excluding hydrogens is 260 g/mol. The maximum Gasteiger partial charge on any atom is 0.350 e. The highest BCUT2D eigenvalue weighted by molar-refractivity contribution is 7.89. The number of sulfonamides is 1. The average molecular weight is 285 g/mol. The van der Waals surface area contributed by atoms with Crippen molar-refractivity contribution in [2.75, 3.05) is 13.1 Å². The lowest BCUT2D eigenvalue weighted by Gasteiger charge is -2.25. The quantitative estimate of drug-likeness (QED) is 0.797. The van der Waals surface area contributed by atoms with Crippen molar-refractivity contribution in [3.05, 3.63) is 0 Å². The van der Waals surface area contributed by atoms with Gasteiger partial charge in [0.05, 0.1) is 0 Å². The molecule has 1 heterocycles. The van der Waals surface area contributed by atoms with Gasteiger partial charge in [-0.2, -0.15) is 13.1 Å². The molecule has 1 unspecified atom stereocenters. The summed E-state index contributed by atoms with van der Waals surface area (Å²) in [6.45, 7) is 8.48. The van der Waals surface area contributed by atoms with E-state index in [2.05, 4.69) is 0 Å². The van der Waals surface area contributed by atoms with E-state index in [1.807, 2.05) is 27.7 Å². The van der Waals surface area contributed by atoms with Gasteiger partial charge in [0.25, 0.3) is 10.0 Å². The first-order valence-corrected chi connectivity index (χ1v) is 8.13. The molecule has 0 amide bonds. The van der Waals surface area contributed by atoms with Crippen molar-refractivity contribution < 1.29 is 17.2 Å². The maximum absolute atomic E-state index is 12.4. The zero-order chi connectivity index (χ0) is 14.3. The molecule has 0 aliphatic carbocycles. The van der Waals surface area contributed by atoms with Crippen LogP contribution in [-0.4, -0.2) is 31.6 Å². The lowest BCUT2D eigenvalue weighted by Crippen LogP contribution is -2.39. The fourth-order valence-electron chi connectivity index (χ4n) is 2.03. The SMILES string of the molecule is CC.CC(C)C1CCCCN(S(=O)(=O)C(F)F)C1. The van der Waals surface area contributed by atoms with E-state index in [9.17, 15) is 17.2 Å². The number of alkyl halides is 2. The molecule has 0 bridgehead atoms. The Morgan fingerprint density at radius 2 is 1.72 bits per heavy atom. The summed E-state index contributed by atoms with van der Waals surface area (Å²) in [4.78, 5) is 0. The number of nitrogens with zero attached hydrogens (tertiary/aromatic N) is 1. The van der Waals surface area contributed by atoms with Crippen LogP contribution < -0.4 is 0 Å². The van der Waals surface area contributed by atoms with Gasteiger partial charge in [-0.05, 0) is 24.7 Å². The van der Waals surface area contributed by atoms with Gasteiger partial charge in [-0.15, -0.1) is 0 Å². The van der Waals surface area contributed by atoms with Crippen molar-refractivity contribution in [3.63, 3.8) is 0 Å². The molecule has 6 heteroatoms. The highest BCUT2D eigenvalue weighted by Crippen LogP contribution is 2.26. The molecule has 0 aromatic carbocycles. The van der Waals surface area contributed by atoms with Crippen LogP contribution in [0.3, 0.4) is 0 Å². The van der Waals surface area contributed by atoms with E-state index in [-0.39, 0.29) is 19.0 Å². The summed E-state index contributed by atoms with van der Waals surface area (Å²) in [7, 11) is -4.39. The minimum absolute atomic E-state index is 0.191. The van der Waals surface area contributed by atoms with Crippen LogP contribution in [0.4, 0.5) is 8.78 Å². The van der Waals surface area contributed by atoms with Gasteiger partial charge in [-0.3, -0.25) is 0 Å². The summed E-state index contributed by atoms with van der Waals surface area (Å²) in [5, 5.41) is 0. The third kappa shape index (κ3) is 4.80. The Labute approximate surface area is 110 Å². The molecule has 18 heavy (non-hydrogen) atoms. The van der Waals surface area contributed by atoms with Gasteiger partial charge in [-0.25, -0.2) is 8.42 Å². The van der Waals surface area contributed by atoms with Gasteiger partial charge in [0.1, 0.15) is 0 Å². The lowest BCUT2D eigenvalue weighted by molar-refractivity contribution is 0.212. The van der Waals surface area contributed by atoms with Gasteiger partial charge >= 0.3 is 5.76 Å². The first-order valence-electron chi connectivity index (χ1n) is 6.63. The summed E-state index contributed by atoms with van der Waals surface area (Å²) in [6.07, 6.45) is 2.51. The maximum atomic E-state index is 12.4. The first-order chi connectivity index (χ1) is 8.35. The van der Waals surface area contributed by atoms with Crippen LogP contribution >= 0.6 is 0 Å². The molecule has 1 aliphatic rings. The molecule has 1 saturated heterocycles. The van der Waals surface area contributed by atoms with Crippen LogP contribution in [0.1, 0.15) is 47.0 Å². The molecule has 1 aliphatic heterocycles. The third-order valence-corrected chi connectivity index (χ3v) is 4.70. The second kappa shape index (κ2) is 8.04. The first kappa shape index (κ1) is 17.8. The van der Waals surface area contributed by atoms with Crippen molar-refractivity contribution in [2.24, 2.45) is 11.8 Å². The van der Waals surface area contributed by atoms with E-state index in [1.165, 1.54) is 0 Å². The van der Waals surface area contributed by atoms with Gasteiger partial charge < -0.3 is 0 Å². The predicted octanol–water partition coefficient (Wildman–Crippen LogP) is 3.32. The zero-order valence-corrected chi connectivity index (χ0v) is 12.5. The Kier molecular flexibility index (Phi) is 7.94. The molecule has 0 saturated carbocycles. The van der Waals surface area contributed by atoms with E-state index in [0.717, 1.165) is 17.1 Å². The summed E-state index contributed by atoms with van der Waals surface area (Å²) in [5.74, 6) is -2.78. The van der Waals surface area contributed by atoms with E-state index < -0.39 is 15.8 Å². The standard InChI is InChI=1S/C10H19F2NO2S.C2H6/c1-8(2)9-5-3-4-6-13(7-9)16(14,15)10(11)12;1-2/h8-10H,3-7H2,1-2H3;1-2H3. The Hall–Kier alpha value is -0.230. The van der Waals surface area contributed by atoms with Crippen LogP contribution in [0, 0.1) is 11.8 Å². The monoisotopic (exact) mass is 285 g/mol. The van der Waals surface area contributed by atoms with Crippen LogP contribution in [0.15, 0.2) is 0 Å². The molecule has 0 aromatic rings. The Morgan fingerprint density at radius 3 is 2.17 bits per heavy atom. The second-order valence-corrected chi connectivity index (χ2v) is 6.57. The Balaban J connectivity index is 0.00000137. The van der Waals surface area contributed by atoms with Gasteiger partial charge in [-0.1, -0.05) is 34.1 Å². The lowest BCUT2D eigenvalue weighted by atomic mass is 9.92. The van der Waals surface area contributed by atoms with Crippen molar-refractivity contribution in [2.45, 2.75) is 52.7 Å². The fourth-order valence-corrected chi connectivity index (χ4v) is 3.04. The number of hydrogen-bond acceptors (Lipinski definition) is 2. The zero-order valence-electron chi connectivity index (χ0n) is 11.7. The van der Waals surface area contributed by atoms with Gasteiger partial charge in [0.15, 0.2) is 0 Å². The molecule has 0 spiro atoms. The summed E-state index contributed by atoms with van der Waals surface area (Å²) < 4.78 is 48.6. The van der Waals surface area contributed by atoms with E-state index in [4.69, 9.17) is 0 Å². The van der Waals surface area contributed by atoms with Crippen molar-refractivity contribution in [3.8, 4) is 0 Å². The van der Waals surface area contributed by atoms with Crippen molar-refractivity contribution in [1.29, 1.82) is 0 Å². The smallest absolute Gasteiger partial charge is 0.206 e. The molecule has 0 aromatic heterocycles. The number of rotatable bonds is 3. The van der Waals surface area contributed by atoms with Crippen LogP contribution in [-0.2, 0) is 10.0 Å². The molecular formula is C12H25F2NO2S. The number of halogens is 2. The molecule has 1 fully saturated rings. The Bertz CT molecular complexity index is 318. The van der Waals surface area contributed by atoms with Gasteiger partial charge in [0, 0.05) is 13.1 Å².